The Bertz CT molecular complexity index is 1040. The normalized spacial score (nSPS) is 11.0. The zero-order valence-electron chi connectivity index (χ0n) is 17.0. The minimum Gasteiger partial charge on any atom is -0.492 e. The van der Waals surface area contributed by atoms with Crippen molar-refractivity contribution in [1.29, 1.82) is 0 Å². The SMILES string of the molecule is CN(C)CCOc1ccc(CNC(=O)Cc2nn(C)c(=O)c3ccccc23)cc1. The van der Waals surface area contributed by atoms with Gasteiger partial charge in [0.1, 0.15) is 12.4 Å². The molecule has 0 aliphatic heterocycles. The number of nitrogens with zero attached hydrogens (tertiary/aromatic N) is 3. The van der Waals surface area contributed by atoms with Crippen LogP contribution in [0.15, 0.2) is 53.3 Å². The molecule has 2 aromatic carbocycles. The van der Waals surface area contributed by atoms with Crippen molar-refractivity contribution >= 4 is 16.7 Å². The number of aryl methyl sites for hydroxylation is 1. The Labute approximate surface area is 169 Å². The highest BCUT2D eigenvalue weighted by molar-refractivity contribution is 5.88. The van der Waals surface area contributed by atoms with E-state index in [1.54, 1.807) is 13.1 Å². The van der Waals surface area contributed by atoms with E-state index in [2.05, 4.69) is 15.3 Å². The van der Waals surface area contributed by atoms with Crippen molar-refractivity contribution in [2.24, 2.45) is 7.05 Å². The second kappa shape index (κ2) is 9.34. The molecule has 1 aromatic heterocycles. The number of nitrogens with one attached hydrogen (secondary N) is 1. The maximum Gasteiger partial charge on any atom is 0.274 e. The van der Waals surface area contributed by atoms with Crippen molar-refractivity contribution in [2.45, 2.75) is 13.0 Å². The Kier molecular flexibility index (Phi) is 6.61. The van der Waals surface area contributed by atoms with E-state index in [0.717, 1.165) is 17.9 Å². The maximum absolute atomic E-state index is 12.4. The zero-order valence-corrected chi connectivity index (χ0v) is 17.0. The number of fused-ring (bicyclic) bond motifs is 1. The van der Waals surface area contributed by atoms with Crippen LogP contribution >= 0.6 is 0 Å². The fourth-order valence-electron chi connectivity index (χ4n) is 2.97. The van der Waals surface area contributed by atoms with E-state index in [9.17, 15) is 9.59 Å². The number of hydrogen-bond donors (Lipinski definition) is 1. The zero-order chi connectivity index (χ0) is 20.8. The van der Waals surface area contributed by atoms with Gasteiger partial charge in [0.15, 0.2) is 0 Å². The van der Waals surface area contributed by atoms with Crippen molar-refractivity contribution in [2.75, 3.05) is 27.2 Å². The smallest absolute Gasteiger partial charge is 0.274 e. The van der Waals surface area contributed by atoms with Gasteiger partial charge in [-0.1, -0.05) is 30.3 Å². The summed E-state index contributed by atoms with van der Waals surface area (Å²) in [5, 5.41) is 8.46. The van der Waals surface area contributed by atoms with E-state index in [4.69, 9.17) is 4.74 Å². The van der Waals surface area contributed by atoms with Crippen LogP contribution in [0.2, 0.25) is 0 Å². The maximum atomic E-state index is 12.4. The standard InChI is InChI=1S/C22H26N4O3/c1-25(2)12-13-29-17-10-8-16(9-11-17)15-23-21(27)14-20-18-6-4-5-7-19(18)22(28)26(3)24-20/h4-11H,12-15H2,1-3H3,(H,23,27). The molecule has 3 aromatic rings. The van der Waals surface area contributed by atoms with Crippen LogP contribution in [0.4, 0.5) is 0 Å². The van der Waals surface area contributed by atoms with E-state index in [-0.39, 0.29) is 17.9 Å². The van der Waals surface area contributed by atoms with Gasteiger partial charge < -0.3 is 15.0 Å². The lowest BCUT2D eigenvalue weighted by Crippen LogP contribution is -2.27. The van der Waals surface area contributed by atoms with E-state index in [1.165, 1.54) is 4.68 Å². The molecule has 0 radical (unpaired) electrons. The largest absolute Gasteiger partial charge is 0.492 e. The number of ether oxygens (including phenoxy) is 1. The highest BCUT2D eigenvalue weighted by Gasteiger charge is 2.12. The number of likely N-dealkylation sites (N-methyl/N-ethyl adjacent to an activating group) is 1. The Hall–Kier alpha value is -3.19. The van der Waals surface area contributed by atoms with Gasteiger partial charge in [-0.15, -0.1) is 0 Å². The molecule has 7 nitrogen and oxygen atoms in total. The minimum atomic E-state index is -0.169. The average Bonchev–Trinajstić information content (AvgIpc) is 2.71. The number of aromatic nitrogens is 2. The van der Waals surface area contributed by atoms with Gasteiger partial charge in [0.2, 0.25) is 5.91 Å². The molecule has 0 atom stereocenters. The van der Waals surface area contributed by atoms with Crippen LogP contribution in [-0.4, -0.2) is 47.8 Å². The van der Waals surface area contributed by atoms with E-state index >= 15 is 0 Å². The van der Waals surface area contributed by atoms with Crippen molar-refractivity contribution in [3.63, 3.8) is 0 Å². The summed E-state index contributed by atoms with van der Waals surface area (Å²) < 4.78 is 6.95. The van der Waals surface area contributed by atoms with E-state index in [0.29, 0.717) is 29.6 Å². The van der Waals surface area contributed by atoms with Crippen LogP contribution in [0.3, 0.4) is 0 Å². The van der Waals surface area contributed by atoms with Crippen LogP contribution in [0.5, 0.6) is 5.75 Å². The molecule has 0 saturated carbocycles. The number of benzene rings is 2. The summed E-state index contributed by atoms with van der Waals surface area (Å²) in [6.45, 7) is 1.90. The molecule has 1 N–H and O–H groups in total. The fourth-order valence-corrected chi connectivity index (χ4v) is 2.97. The molecular formula is C22H26N4O3. The molecular weight excluding hydrogens is 368 g/mol. The van der Waals surface area contributed by atoms with Gasteiger partial charge in [-0.2, -0.15) is 5.10 Å². The summed E-state index contributed by atoms with van der Waals surface area (Å²) in [6.07, 6.45) is 0.111. The Morgan fingerprint density at radius 2 is 1.79 bits per heavy atom. The first-order valence-corrected chi connectivity index (χ1v) is 9.52. The third-order valence-electron chi connectivity index (χ3n) is 4.58. The lowest BCUT2D eigenvalue weighted by Gasteiger charge is -2.11. The molecule has 1 heterocycles. The molecule has 0 aliphatic rings. The van der Waals surface area contributed by atoms with Crippen LogP contribution in [-0.2, 0) is 24.8 Å². The third-order valence-corrected chi connectivity index (χ3v) is 4.58. The topological polar surface area (TPSA) is 76.5 Å². The molecule has 0 unspecified atom stereocenters. The fraction of sp³-hybridized carbons (Fsp3) is 0.318. The van der Waals surface area contributed by atoms with Crippen LogP contribution in [0, 0.1) is 0 Å². The predicted molar refractivity (Wildman–Crippen MR) is 113 cm³/mol. The summed E-state index contributed by atoms with van der Waals surface area (Å²) in [7, 11) is 5.60. The van der Waals surface area contributed by atoms with Gasteiger partial charge in [0.05, 0.1) is 17.5 Å². The van der Waals surface area contributed by atoms with Crippen LogP contribution < -0.4 is 15.6 Å². The highest BCUT2D eigenvalue weighted by Crippen LogP contribution is 2.14. The van der Waals surface area contributed by atoms with Gasteiger partial charge >= 0.3 is 0 Å². The summed E-state index contributed by atoms with van der Waals surface area (Å²) in [4.78, 5) is 26.7. The minimum absolute atomic E-state index is 0.111. The number of amides is 1. The van der Waals surface area contributed by atoms with Gasteiger partial charge in [0, 0.05) is 25.5 Å². The molecule has 152 valence electrons. The van der Waals surface area contributed by atoms with Gasteiger partial charge in [-0.3, -0.25) is 9.59 Å². The number of rotatable bonds is 8. The first-order valence-electron chi connectivity index (χ1n) is 9.52. The highest BCUT2D eigenvalue weighted by atomic mass is 16.5. The summed E-state index contributed by atoms with van der Waals surface area (Å²) in [5.74, 6) is 0.662. The molecule has 0 bridgehead atoms. The van der Waals surface area contributed by atoms with Crippen molar-refractivity contribution < 1.29 is 9.53 Å². The Morgan fingerprint density at radius 3 is 2.48 bits per heavy atom. The molecule has 29 heavy (non-hydrogen) atoms. The molecule has 3 rings (SSSR count). The van der Waals surface area contributed by atoms with Crippen molar-refractivity contribution in [1.82, 2.24) is 20.0 Å². The Balaban J connectivity index is 1.59. The van der Waals surface area contributed by atoms with Crippen LogP contribution in [0.1, 0.15) is 11.3 Å². The quantitative estimate of drug-likeness (QED) is 0.630. The molecule has 1 amide bonds. The van der Waals surface area contributed by atoms with E-state index < -0.39 is 0 Å². The monoisotopic (exact) mass is 394 g/mol. The number of carbonyl (C=O) groups is 1. The lowest BCUT2D eigenvalue weighted by molar-refractivity contribution is -0.120. The summed E-state index contributed by atoms with van der Waals surface area (Å²) >= 11 is 0. The molecule has 0 aliphatic carbocycles. The van der Waals surface area contributed by atoms with Gasteiger partial charge in [-0.05, 0) is 37.9 Å². The van der Waals surface area contributed by atoms with Crippen molar-refractivity contribution in [3.05, 3.63) is 70.1 Å². The summed E-state index contributed by atoms with van der Waals surface area (Å²) in [5.41, 5.74) is 1.40. The first kappa shape index (κ1) is 20.5. The second-order valence-electron chi connectivity index (χ2n) is 7.17. The molecule has 7 heteroatoms. The lowest BCUT2D eigenvalue weighted by atomic mass is 10.1. The predicted octanol–water partition coefficient (Wildman–Crippen LogP) is 1.73. The molecule has 0 spiro atoms. The average molecular weight is 394 g/mol. The molecule has 0 saturated heterocycles. The van der Waals surface area contributed by atoms with Crippen molar-refractivity contribution in [3.8, 4) is 5.75 Å². The van der Waals surface area contributed by atoms with Gasteiger partial charge in [0.25, 0.3) is 5.56 Å². The van der Waals surface area contributed by atoms with E-state index in [1.807, 2.05) is 56.6 Å². The third kappa shape index (κ3) is 5.42. The van der Waals surface area contributed by atoms with Gasteiger partial charge in [-0.25, -0.2) is 4.68 Å². The van der Waals surface area contributed by atoms with Crippen LogP contribution in [0.25, 0.3) is 10.8 Å². The Morgan fingerprint density at radius 1 is 1.10 bits per heavy atom. The summed E-state index contributed by atoms with van der Waals surface area (Å²) in [6, 6.07) is 14.9. The number of hydrogen-bond acceptors (Lipinski definition) is 5. The molecule has 0 fully saturated rings. The number of carbonyl (C=O) groups excluding carboxylic acids is 1. The second-order valence-corrected chi connectivity index (χ2v) is 7.17. The first-order chi connectivity index (χ1) is 13.9.